The third-order valence-corrected chi connectivity index (χ3v) is 15.6. The molecule has 0 atom stereocenters. The van der Waals surface area contributed by atoms with Crippen LogP contribution in [0.25, 0.3) is 44.5 Å². The summed E-state index contributed by atoms with van der Waals surface area (Å²) in [6.07, 6.45) is 0.673. The van der Waals surface area contributed by atoms with Crippen LogP contribution in [0.5, 0.6) is 23.0 Å². The van der Waals surface area contributed by atoms with Crippen LogP contribution in [0.2, 0.25) is 0 Å². The van der Waals surface area contributed by atoms with E-state index in [9.17, 15) is 10.2 Å². The molecule has 6 aromatic carbocycles. The summed E-state index contributed by atoms with van der Waals surface area (Å²) in [6.45, 7) is 55.1. The van der Waals surface area contributed by atoms with Gasteiger partial charge in [0.05, 0.1) is 11.1 Å². The first kappa shape index (κ1) is 60.7. The molecule has 0 bridgehead atoms. The molecule has 0 radical (unpaired) electrons. The van der Waals surface area contributed by atoms with E-state index in [2.05, 4.69) is 286 Å². The molecule has 77 heavy (non-hydrogen) atoms. The Bertz CT molecular complexity index is 2830. The largest absolute Gasteiger partial charge is 0.711 e. The molecule has 0 saturated heterocycles. The highest BCUT2D eigenvalue weighted by molar-refractivity contribution is 5.88. The van der Waals surface area contributed by atoms with Gasteiger partial charge in [-0.25, -0.2) is 0 Å². The van der Waals surface area contributed by atoms with Gasteiger partial charge in [0.2, 0.25) is 11.5 Å². The molecule has 0 aromatic heterocycles. The molecule has 4 nitrogen and oxygen atoms in total. The summed E-state index contributed by atoms with van der Waals surface area (Å²) in [7, 11) is 9.26. The summed E-state index contributed by atoms with van der Waals surface area (Å²) >= 11 is 0. The summed E-state index contributed by atoms with van der Waals surface area (Å²) in [6, 6.07) is 35.7. The molecule has 0 saturated carbocycles. The van der Waals surface area contributed by atoms with E-state index < -0.39 is 0 Å². The number of hydrogen-bond donors (Lipinski definition) is 2. The molecule has 6 aromatic rings. The zero-order valence-corrected chi connectivity index (χ0v) is 52.5. The first-order chi connectivity index (χ1) is 34.9. The van der Waals surface area contributed by atoms with Crippen molar-refractivity contribution in [2.24, 2.45) is 0 Å². The molecule has 0 unspecified atom stereocenters. The molecule has 2 N–H and O–H groups in total. The fourth-order valence-corrected chi connectivity index (χ4v) is 9.83. The van der Waals surface area contributed by atoms with Gasteiger partial charge in [0.15, 0.2) is 13.2 Å². The van der Waals surface area contributed by atoms with Gasteiger partial charge < -0.3 is 18.9 Å². The van der Waals surface area contributed by atoms with Crippen molar-refractivity contribution in [1.29, 1.82) is 0 Å². The lowest BCUT2D eigenvalue weighted by Crippen LogP contribution is -2.17. The third-order valence-electron chi connectivity index (χ3n) is 15.6. The van der Waals surface area contributed by atoms with Gasteiger partial charge >= 0.3 is 0 Å². The summed E-state index contributed by atoms with van der Waals surface area (Å²) in [5.41, 5.74) is 15.6. The van der Waals surface area contributed by atoms with E-state index in [1.54, 1.807) is 0 Å². The van der Waals surface area contributed by atoms with Crippen LogP contribution in [0.4, 0.5) is 0 Å². The van der Waals surface area contributed by atoms with Crippen molar-refractivity contribution in [3.63, 3.8) is 0 Å². The third kappa shape index (κ3) is 13.9. The maximum absolute atomic E-state index is 12.8. The molecule has 0 aliphatic rings. The number of benzene rings is 6. The minimum atomic E-state index is -0.205. The van der Waals surface area contributed by atoms with Gasteiger partial charge in [0, 0.05) is 34.4 Å². The smallest absolute Gasteiger partial charge is 0.234 e. The molecule has 0 amide bonds. The normalized spacial score (nSPS) is 13.3. The van der Waals surface area contributed by atoms with E-state index in [0.29, 0.717) is 19.6 Å². The molecule has 0 heterocycles. The molecule has 0 fully saturated rings. The minimum absolute atomic E-state index is 0.0901. The van der Waals surface area contributed by atoms with Crippen molar-refractivity contribution in [1.82, 2.24) is 0 Å². The Morgan fingerprint density at radius 2 is 0.506 bits per heavy atom. The lowest BCUT2D eigenvalue weighted by Gasteiger charge is -2.34. The lowest BCUT2D eigenvalue weighted by molar-refractivity contribution is -0.0159. The van der Waals surface area contributed by atoms with E-state index in [1.165, 1.54) is 33.4 Å². The van der Waals surface area contributed by atoms with Crippen molar-refractivity contribution in [3.05, 3.63) is 156 Å². The van der Waals surface area contributed by atoms with Crippen LogP contribution in [-0.2, 0) is 52.1 Å². The fraction of sp³-hybridized carbons (Fsp3) is 0.479. The van der Waals surface area contributed by atoms with Crippen LogP contribution in [-0.4, -0.2) is 23.4 Å². The predicted molar refractivity (Wildman–Crippen MR) is 334 cm³/mol. The fourth-order valence-electron chi connectivity index (χ4n) is 9.83. The van der Waals surface area contributed by atoms with Crippen LogP contribution < -0.4 is 0 Å². The Morgan fingerprint density at radius 1 is 0.286 bits per heavy atom. The molecule has 416 valence electrons. The van der Waals surface area contributed by atoms with E-state index in [0.717, 1.165) is 67.1 Å². The van der Waals surface area contributed by atoms with Crippen molar-refractivity contribution in [2.75, 3.05) is 13.2 Å². The first-order valence-corrected chi connectivity index (χ1v) is 28.3. The Kier molecular flexibility index (Phi) is 16.5. The van der Waals surface area contributed by atoms with Crippen LogP contribution in [0.1, 0.15) is 217 Å². The predicted octanol–water partition coefficient (Wildman–Crippen LogP) is 21.4. The van der Waals surface area contributed by atoms with Crippen molar-refractivity contribution in [3.8, 4) is 67.5 Å². The molecule has 0 spiro atoms. The van der Waals surface area contributed by atoms with Gasteiger partial charge in [-0.3, -0.25) is 0 Å². The molecule has 6 rings (SSSR count). The maximum Gasteiger partial charge on any atom is 0.234 e. The number of rotatable bonds is 10. The second kappa shape index (κ2) is 21.0. The topological polar surface area (TPSA) is 45.9 Å². The summed E-state index contributed by atoms with van der Waals surface area (Å²) < 4.78 is 6.35. The zero-order chi connectivity index (χ0) is 58.1. The van der Waals surface area contributed by atoms with Crippen molar-refractivity contribution in [2.45, 2.75) is 216 Å². The lowest BCUT2D eigenvalue weighted by atomic mass is 9.77. The minimum Gasteiger partial charge on any atom is -0.711 e. The monoisotopic (exact) mass is 1040 g/mol. The Balaban J connectivity index is 1.46. The van der Waals surface area contributed by atoms with Crippen molar-refractivity contribution >= 4 is 0 Å². The van der Waals surface area contributed by atoms with Crippen LogP contribution >= 0.6 is 0 Å². The van der Waals surface area contributed by atoms with Crippen LogP contribution in [0, 0.1) is 14.2 Å². The van der Waals surface area contributed by atoms with Crippen molar-refractivity contribution < 1.29 is 18.9 Å². The van der Waals surface area contributed by atoms with Crippen LogP contribution in [0.3, 0.4) is 0 Å². The Labute approximate surface area is 469 Å². The van der Waals surface area contributed by atoms with Gasteiger partial charge in [0.1, 0.15) is 17.9 Å². The number of aromatic hydroxyl groups is 2. The van der Waals surface area contributed by atoms with Gasteiger partial charge in [-0.1, -0.05) is 203 Å². The van der Waals surface area contributed by atoms with Gasteiger partial charge in [-0.15, -0.1) is 0 Å². The van der Waals surface area contributed by atoms with Gasteiger partial charge in [0.25, 0.3) is 0 Å². The Morgan fingerprint density at radius 3 is 0.753 bits per heavy atom. The van der Waals surface area contributed by atoms with E-state index in [4.69, 9.17) is 0 Å². The zero-order valence-electron chi connectivity index (χ0n) is 52.5. The Hall–Kier alpha value is -5.48. The van der Waals surface area contributed by atoms with Gasteiger partial charge in [-0.2, -0.15) is 0 Å². The first-order valence-electron chi connectivity index (χ1n) is 28.3. The van der Waals surface area contributed by atoms with E-state index in [1.807, 2.05) is 0 Å². The molecule has 0 aliphatic carbocycles. The summed E-state index contributed by atoms with van der Waals surface area (Å²) in [5.74, 6) is 2.24. The van der Waals surface area contributed by atoms with E-state index in [-0.39, 0.29) is 54.8 Å². The molecule has 4 heteroatoms. The number of phenols is 2. The van der Waals surface area contributed by atoms with Gasteiger partial charge in [-0.05, 0) is 162 Å². The number of phenolic OH excluding ortho intramolecular Hbond substituents is 2. The highest BCUT2D eigenvalue weighted by atomic mass is 16.7. The molecular formula is C73H100O4. The molecular weight excluding hydrogens is 941 g/mol. The van der Waals surface area contributed by atoms with E-state index >= 15 is 0 Å². The molecule has 0 aliphatic heterocycles. The summed E-state index contributed by atoms with van der Waals surface area (Å²) in [4.78, 5) is 0. The number of hydrogen-bond acceptors (Lipinski definition) is 2. The standard InChI is InChI=1S/C73H100O4/c1-66(2,3)48-28-30-62(58(40-48)60-44-54(72(19,20)21)42-56(64(60)74)46-34-50(68(7,8)9)38-51(35-46)69(10,11)12)76(25)32-27-33-77(26)63-31-29-49(67(4,5)6)41-59(63)61-45-55(73(22,23)24)43-57(65(61)75)47-36-52(70(13,14)15)39-53(37-47)71(16,17)18/h28-31,34-45,74-75H,25-27,32-33H2,1-24H3. The average molecular weight is 1040 g/mol. The highest BCUT2D eigenvalue weighted by Crippen LogP contribution is 2.51. The SMILES string of the molecule is [CH2-][O+](CCC[O+]([CH2-])c1ccc(C(C)(C)C)cc1-c1cc(C(C)(C)C)cc(-c2cc(C(C)(C)C)cc(C(C)(C)C)c2)c1O)c1ccc(C(C)(C)C)cc1-c1cc(C(C)(C)C)cc(-c2cc(C(C)(C)C)cc(C(C)(C)C)c2)c1O. The second-order valence-corrected chi connectivity index (χ2v) is 30.6. The van der Waals surface area contributed by atoms with Crippen LogP contribution in [0.15, 0.2) is 97.1 Å². The average Bonchev–Trinajstić information content (AvgIpc) is 3.28. The summed E-state index contributed by atoms with van der Waals surface area (Å²) in [5, 5.41) is 25.6. The highest BCUT2D eigenvalue weighted by Gasteiger charge is 2.31. The second-order valence-electron chi connectivity index (χ2n) is 30.6. The quantitative estimate of drug-likeness (QED) is 0.106. The maximum atomic E-state index is 12.8.